The van der Waals surface area contributed by atoms with Crippen molar-refractivity contribution in [3.63, 3.8) is 0 Å². The van der Waals surface area contributed by atoms with E-state index in [9.17, 15) is 4.79 Å². The van der Waals surface area contributed by atoms with E-state index in [-0.39, 0.29) is 5.97 Å². The van der Waals surface area contributed by atoms with E-state index >= 15 is 0 Å². The van der Waals surface area contributed by atoms with Crippen molar-refractivity contribution in [2.45, 2.75) is 26.8 Å². The molecule has 4 heteroatoms. The molecule has 0 bridgehead atoms. The van der Waals surface area contributed by atoms with Gasteiger partial charge in [-0.1, -0.05) is 13.0 Å². The Balaban J connectivity index is 2.84. The number of esters is 1. The number of nitrogens with one attached hydrogen (secondary N) is 1. The van der Waals surface area contributed by atoms with E-state index in [0.29, 0.717) is 13.2 Å². The summed E-state index contributed by atoms with van der Waals surface area (Å²) in [5.74, 6) is -0.255. The molecule has 0 saturated heterocycles. The van der Waals surface area contributed by atoms with Gasteiger partial charge in [-0.25, -0.2) is 4.79 Å². The zero-order valence-corrected chi connectivity index (χ0v) is 9.99. The van der Waals surface area contributed by atoms with Gasteiger partial charge in [0.1, 0.15) is 6.04 Å². The summed E-state index contributed by atoms with van der Waals surface area (Å²) in [6.45, 7) is 6.76. The number of carbonyl (C=O) groups excluding carboxylic acids is 1. The van der Waals surface area contributed by atoms with Crippen LogP contribution < -0.4 is 5.32 Å². The number of hydrogen-bond donors (Lipinski definition) is 1. The van der Waals surface area contributed by atoms with Crippen LogP contribution in [0, 0.1) is 6.92 Å². The molecule has 1 heterocycles. The highest BCUT2D eigenvalue weighted by atomic mass is 16.5. The van der Waals surface area contributed by atoms with Crippen molar-refractivity contribution < 1.29 is 9.53 Å². The number of pyridine rings is 1. The summed E-state index contributed by atoms with van der Waals surface area (Å²) in [5.41, 5.74) is 1.77. The number of ether oxygens (including phenoxy) is 1. The zero-order valence-electron chi connectivity index (χ0n) is 9.99. The van der Waals surface area contributed by atoms with Crippen LogP contribution in [0.1, 0.15) is 31.1 Å². The maximum atomic E-state index is 11.7. The predicted octanol–water partition coefficient (Wildman–Crippen LogP) is 1.60. The quantitative estimate of drug-likeness (QED) is 0.769. The van der Waals surface area contributed by atoms with Crippen LogP contribution >= 0.6 is 0 Å². The van der Waals surface area contributed by atoms with Gasteiger partial charge < -0.3 is 10.1 Å². The van der Waals surface area contributed by atoms with Crippen molar-refractivity contribution in [3.05, 3.63) is 29.6 Å². The van der Waals surface area contributed by atoms with Crippen LogP contribution in [-0.2, 0) is 9.53 Å². The normalized spacial score (nSPS) is 12.2. The smallest absolute Gasteiger partial charge is 0.327 e. The van der Waals surface area contributed by atoms with E-state index in [0.717, 1.165) is 11.3 Å². The Bertz CT molecular complexity index is 335. The molecular formula is C12H18N2O2. The first kappa shape index (κ1) is 12.6. The minimum Gasteiger partial charge on any atom is -0.465 e. The Kier molecular flexibility index (Phi) is 4.92. The number of carbonyl (C=O) groups is 1. The van der Waals surface area contributed by atoms with E-state index in [1.54, 1.807) is 13.1 Å². The average molecular weight is 222 g/mol. The molecule has 0 fully saturated rings. The fourth-order valence-electron chi connectivity index (χ4n) is 1.42. The molecule has 1 aromatic heterocycles. The second-order valence-corrected chi connectivity index (χ2v) is 3.48. The number of nitrogens with zero attached hydrogens (tertiary/aromatic N) is 1. The summed E-state index contributed by atoms with van der Waals surface area (Å²) in [5, 5.41) is 3.09. The number of likely N-dealkylation sites (N-methyl/N-ethyl adjacent to an activating group) is 1. The lowest BCUT2D eigenvalue weighted by Crippen LogP contribution is -2.30. The molecule has 0 aliphatic rings. The zero-order chi connectivity index (χ0) is 12.0. The van der Waals surface area contributed by atoms with Crippen LogP contribution in [0.4, 0.5) is 0 Å². The van der Waals surface area contributed by atoms with Crippen molar-refractivity contribution in [2.75, 3.05) is 13.2 Å². The van der Waals surface area contributed by atoms with Crippen LogP contribution in [0.25, 0.3) is 0 Å². The summed E-state index contributed by atoms with van der Waals surface area (Å²) in [4.78, 5) is 15.9. The molecule has 4 nitrogen and oxygen atoms in total. The summed E-state index contributed by atoms with van der Waals surface area (Å²) in [7, 11) is 0. The van der Waals surface area contributed by atoms with E-state index in [4.69, 9.17) is 4.74 Å². The Morgan fingerprint density at radius 2 is 2.25 bits per heavy atom. The third-order valence-electron chi connectivity index (χ3n) is 2.20. The van der Waals surface area contributed by atoms with E-state index in [1.807, 2.05) is 26.0 Å². The van der Waals surface area contributed by atoms with E-state index in [1.165, 1.54) is 0 Å². The Morgan fingerprint density at radius 1 is 1.50 bits per heavy atom. The van der Waals surface area contributed by atoms with Gasteiger partial charge in [0.25, 0.3) is 0 Å². The highest BCUT2D eigenvalue weighted by Crippen LogP contribution is 2.13. The molecule has 1 N–H and O–H groups in total. The van der Waals surface area contributed by atoms with Crippen LogP contribution in [0.2, 0.25) is 0 Å². The standard InChI is InChI=1S/C12H18N2O2/c1-4-13-11(12(15)16-5-2)10-7-6-9(3)14-8-10/h6-8,11,13H,4-5H2,1-3H3. The highest BCUT2D eigenvalue weighted by Gasteiger charge is 2.20. The van der Waals surface area contributed by atoms with Crippen LogP contribution in [-0.4, -0.2) is 24.1 Å². The van der Waals surface area contributed by atoms with Crippen LogP contribution in [0.15, 0.2) is 18.3 Å². The van der Waals surface area contributed by atoms with E-state index in [2.05, 4.69) is 10.3 Å². The summed E-state index contributed by atoms with van der Waals surface area (Å²) >= 11 is 0. The van der Waals surface area contributed by atoms with Crippen molar-refractivity contribution in [1.29, 1.82) is 0 Å². The van der Waals surface area contributed by atoms with Crippen LogP contribution in [0.5, 0.6) is 0 Å². The van der Waals surface area contributed by atoms with E-state index < -0.39 is 6.04 Å². The number of hydrogen-bond acceptors (Lipinski definition) is 4. The predicted molar refractivity (Wildman–Crippen MR) is 62.0 cm³/mol. The van der Waals surface area contributed by atoms with Crippen molar-refractivity contribution >= 4 is 5.97 Å². The Hall–Kier alpha value is -1.42. The van der Waals surface area contributed by atoms with Crippen LogP contribution in [0.3, 0.4) is 0 Å². The largest absolute Gasteiger partial charge is 0.465 e. The fourth-order valence-corrected chi connectivity index (χ4v) is 1.42. The lowest BCUT2D eigenvalue weighted by atomic mass is 10.1. The monoisotopic (exact) mass is 222 g/mol. The molecule has 0 amide bonds. The number of rotatable bonds is 5. The molecule has 0 aliphatic heterocycles. The van der Waals surface area contributed by atoms with Crippen molar-refractivity contribution in [3.8, 4) is 0 Å². The molecular weight excluding hydrogens is 204 g/mol. The molecule has 1 atom stereocenters. The van der Waals surface area contributed by atoms with Crippen molar-refractivity contribution in [2.24, 2.45) is 0 Å². The van der Waals surface area contributed by atoms with Gasteiger partial charge in [0, 0.05) is 11.9 Å². The number of aryl methyl sites for hydroxylation is 1. The van der Waals surface area contributed by atoms with Gasteiger partial charge in [-0.15, -0.1) is 0 Å². The van der Waals surface area contributed by atoms with Gasteiger partial charge in [0.05, 0.1) is 6.61 Å². The highest BCUT2D eigenvalue weighted by molar-refractivity contribution is 5.77. The molecule has 0 spiro atoms. The minimum absolute atomic E-state index is 0.255. The minimum atomic E-state index is -0.418. The molecule has 16 heavy (non-hydrogen) atoms. The topological polar surface area (TPSA) is 51.2 Å². The first-order valence-electron chi connectivity index (χ1n) is 5.51. The summed E-state index contributed by atoms with van der Waals surface area (Å²) in [6, 6.07) is 3.36. The molecule has 88 valence electrons. The van der Waals surface area contributed by atoms with Gasteiger partial charge in [0.15, 0.2) is 0 Å². The maximum absolute atomic E-state index is 11.7. The maximum Gasteiger partial charge on any atom is 0.327 e. The summed E-state index contributed by atoms with van der Waals surface area (Å²) < 4.78 is 5.01. The second kappa shape index (κ2) is 6.23. The lowest BCUT2D eigenvalue weighted by Gasteiger charge is -2.16. The molecule has 1 rings (SSSR count). The molecule has 0 aliphatic carbocycles. The van der Waals surface area contributed by atoms with Gasteiger partial charge in [-0.3, -0.25) is 4.98 Å². The third kappa shape index (κ3) is 3.31. The lowest BCUT2D eigenvalue weighted by molar-refractivity contribution is -0.145. The Morgan fingerprint density at radius 3 is 2.75 bits per heavy atom. The SMILES string of the molecule is CCNC(C(=O)OCC)c1ccc(C)nc1. The van der Waals surface area contributed by atoms with Gasteiger partial charge in [-0.05, 0) is 32.0 Å². The number of aromatic nitrogens is 1. The molecule has 0 radical (unpaired) electrons. The third-order valence-corrected chi connectivity index (χ3v) is 2.20. The van der Waals surface area contributed by atoms with Gasteiger partial charge in [0.2, 0.25) is 0 Å². The fraction of sp³-hybridized carbons (Fsp3) is 0.500. The first-order chi connectivity index (χ1) is 7.69. The summed E-state index contributed by atoms with van der Waals surface area (Å²) in [6.07, 6.45) is 1.71. The molecule has 1 unspecified atom stereocenters. The first-order valence-corrected chi connectivity index (χ1v) is 5.51. The molecule has 1 aromatic rings. The van der Waals surface area contributed by atoms with Gasteiger partial charge in [-0.2, -0.15) is 0 Å². The molecule has 0 saturated carbocycles. The Labute approximate surface area is 96.0 Å². The van der Waals surface area contributed by atoms with Crippen molar-refractivity contribution in [1.82, 2.24) is 10.3 Å². The van der Waals surface area contributed by atoms with Gasteiger partial charge >= 0.3 is 5.97 Å². The average Bonchev–Trinajstić information content (AvgIpc) is 2.28. The second-order valence-electron chi connectivity index (χ2n) is 3.48. The molecule has 0 aromatic carbocycles.